The molecule has 0 aliphatic heterocycles. The smallest absolute Gasteiger partial charge is 0.0599 e. The van der Waals surface area contributed by atoms with Gasteiger partial charge in [0.05, 0.1) is 11.6 Å². The van der Waals surface area contributed by atoms with Gasteiger partial charge in [0, 0.05) is 35.5 Å². The van der Waals surface area contributed by atoms with E-state index in [1.807, 2.05) is 24.3 Å². The molecule has 0 aliphatic carbocycles. The number of hydrogen-bond acceptors (Lipinski definition) is 2. The Morgan fingerprint density at radius 1 is 0.889 bits per heavy atom. The number of hydrogen-bond donors (Lipinski definition) is 0. The van der Waals surface area contributed by atoms with E-state index >= 15 is 0 Å². The summed E-state index contributed by atoms with van der Waals surface area (Å²) < 4.78 is 0. The first-order valence-corrected chi connectivity index (χ1v) is 10.4. The van der Waals surface area contributed by atoms with E-state index in [0.717, 1.165) is 47.1 Å². The average molecular weight is 406 g/mol. The third kappa shape index (κ3) is 4.92. The van der Waals surface area contributed by atoms with Gasteiger partial charge in [0.25, 0.3) is 0 Å². The van der Waals surface area contributed by atoms with Crippen LogP contribution in [0.2, 0.25) is 10.0 Å². The van der Waals surface area contributed by atoms with Gasteiger partial charge in [0.2, 0.25) is 0 Å². The molecule has 2 atom stereocenters. The Morgan fingerprint density at radius 2 is 1.37 bits per heavy atom. The molecule has 2 aromatic rings. The maximum atomic E-state index is 6.10. The Labute approximate surface area is 175 Å². The quantitative estimate of drug-likeness (QED) is 0.438. The van der Waals surface area contributed by atoms with Gasteiger partial charge in [0.15, 0.2) is 0 Å². The van der Waals surface area contributed by atoms with Crippen LogP contribution in [-0.2, 0) is 0 Å². The predicted octanol–water partition coefficient (Wildman–Crippen LogP) is 7.11. The lowest BCUT2D eigenvalue weighted by Crippen LogP contribution is -2.59. The number of nitrogens with zero attached hydrogens (tertiary/aromatic N) is 2. The molecule has 0 saturated carbocycles. The molecule has 0 aliphatic rings. The molecule has 0 amide bonds. The Morgan fingerprint density at radius 3 is 1.81 bits per heavy atom. The van der Waals surface area contributed by atoms with Gasteiger partial charge in [-0.25, -0.2) is 0 Å². The van der Waals surface area contributed by atoms with Gasteiger partial charge in [-0.15, -0.1) is 0 Å². The van der Waals surface area contributed by atoms with Gasteiger partial charge < -0.3 is 9.80 Å². The first-order valence-electron chi connectivity index (χ1n) is 9.66. The zero-order chi connectivity index (χ0) is 20.0. The van der Waals surface area contributed by atoms with Crippen LogP contribution in [0.4, 0.5) is 11.4 Å². The molecule has 0 N–H and O–H groups in total. The molecular formula is C23H31Cl2N2. The minimum atomic E-state index is -0.0990. The molecule has 2 nitrogen and oxygen atoms in total. The van der Waals surface area contributed by atoms with E-state index in [9.17, 15) is 0 Å². The van der Waals surface area contributed by atoms with Gasteiger partial charge in [-0.05, 0) is 68.3 Å². The molecule has 2 unspecified atom stereocenters. The summed E-state index contributed by atoms with van der Waals surface area (Å²) >= 11 is 12.2. The molecule has 0 aromatic heterocycles. The second-order valence-corrected chi connectivity index (χ2v) is 8.07. The molecule has 2 rings (SSSR count). The summed E-state index contributed by atoms with van der Waals surface area (Å²) in [7, 11) is 4.29. The zero-order valence-corrected chi connectivity index (χ0v) is 18.4. The second-order valence-electron chi connectivity index (χ2n) is 7.20. The lowest BCUT2D eigenvalue weighted by molar-refractivity contribution is 0.310. The Hall–Kier alpha value is -1.38. The van der Waals surface area contributed by atoms with E-state index in [1.165, 1.54) is 0 Å². The van der Waals surface area contributed by atoms with Crippen molar-refractivity contribution in [2.75, 3.05) is 23.9 Å². The van der Waals surface area contributed by atoms with Crippen LogP contribution in [0.3, 0.4) is 0 Å². The lowest BCUT2D eigenvalue weighted by atomic mass is 9.80. The summed E-state index contributed by atoms with van der Waals surface area (Å²) in [5, 5.41) is 1.51. The molecule has 0 bridgehead atoms. The number of unbranched alkanes of at least 4 members (excludes halogenated alkanes) is 1. The van der Waals surface area contributed by atoms with Gasteiger partial charge >= 0.3 is 0 Å². The summed E-state index contributed by atoms with van der Waals surface area (Å²) in [6.45, 7) is 9.12. The minimum Gasteiger partial charge on any atom is -0.369 e. The van der Waals surface area contributed by atoms with Crippen LogP contribution < -0.4 is 9.80 Å². The highest BCUT2D eigenvalue weighted by Crippen LogP contribution is 2.37. The number of anilines is 2. The third-order valence-electron chi connectivity index (χ3n) is 5.78. The number of rotatable bonds is 9. The van der Waals surface area contributed by atoms with Crippen LogP contribution in [-0.4, -0.2) is 25.7 Å². The summed E-state index contributed by atoms with van der Waals surface area (Å²) in [5.74, 6) is 0. The molecule has 0 heterocycles. The van der Waals surface area contributed by atoms with Gasteiger partial charge in [0.1, 0.15) is 0 Å². The van der Waals surface area contributed by atoms with E-state index in [0.29, 0.717) is 0 Å². The first kappa shape index (κ1) is 21.9. The third-order valence-corrected chi connectivity index (χ3v) is 6.28. The lowest BCUT2D eigenvalue weighted by Gasteiger charge is -2.50. The fourth-order valence-corrected chi connectivity index (χ4v) is 4.08. The largest absolute Gasteiger partial charge is 0.369 e. The normalized spacial score (nSPS) is 14.5. The van der Waals surface area contributed by atoms with E-state index in [1.54, 1.807) is 0 Å². The summed E-state index contributed by atoms with van der Waals surface area (Å²) in [6.07, 6.45) is 4.39. The molecule has 1 radical (unpaired) electrons. The standard InChI is InChI=1S/C23H31Cl2N2/c1-6-8-17-23(7-2,27(5)22-15-11-20(25)12-16-22)18(3)26(4)21-13-9-19(24)10-14-21/h9-16,18H,3,6-8,17H2,1-2,4-5H3. The van der Waals surface area contributed by atoms with Crippen molar-refractivity contribution in [2.24, 2.45) is 0 Å². The second kappa shape index (κ2) is 9.71. The van der Waals surface area contributed by atoms with Crippen molar-refractivity contribution >= 4 is 34.6 Å². The van der Waals surface area contributed by atoms with Crippen molar-refractivity contribution in [3.8, 4) is 0 Å². The van der Waals surface area contributed by atoms with Gasteiger partial charge in [-0.2, -0.15) is 0 Å². The maximum absolute atomic E-state index is 6.10. The Kier molecular flexibility index (Phi) is 7.88. The van der Waals surface area contributed by atoms with Gasteiger partial charge in [-0.3, -0.25) is 0 Å². The molecule has 4 heteroatoms. The predicted molar refractivity (Wildman–Crippen MR) is 121 cm³/mol. The highest BCUT2D eigenvalue weighted by atomic mass is 35.5. The Balaban J connectivity index is 2.41. The van der Waals surface area contributed by atoms with Crippen LogP contribution in [0.1, 0.15) is 39.5 Å². The molecule has 147 valence electrons. The number of benzene rings is 2. The fraction of sp³-hybridized carbons (Fsp3) is 0.435. The first-order chi connectivity index (χ1) is 12.9. The highest BCUT2D eigenvalue weighted by Gasteiger charge is 2.40. The van der Waals surface area contributed by atoms with E-state index in [4.69, 9.17) is 23.2 Å². The van der Waals surface area contributed by atoms with E-state index in [2.05, 4.69) is 68.9 Å². The Bertz CT molecular complexity index is 699. The van der Waals surface area contributed by atoms with Crippen LogP contribution in [0.15, 0.2) is 48.5 Å². The van der Waals surface area contributed by atoms with E-state index < -0.39 is 0 Å². The highest BCUT2D eigenvalue weighted by molar-refractivity contribution is 6.30. The fourth-order valence-electron chi connectivity index (χ4n) is 3.83. The molecular weight excluding hydrogens is 375 g/mol. The SMILES string of the molecule is [CH2]C(N(C)c1ccc(Cl)cc1)C(CC)(CCCC)N(C)c1ccc(Cl)cc1. The van der Waals surface area contributed by atoms with Crippen molar-refractivity contribution < 1.29 is 0 Å². The molecule has 27 heavy (non-hydrogen) atoms. The van der Waals surface area contributed by atoms with Crippen LogP contribution in [0.5, 0.6) is 0 Å². The number of likely N-dealkylation sites (N-methyl/N-ethyl adjacent to an activating group) is 2. The topological polar surface area (TPSA) is 6.48 Å². The van der Waals surface area contributed by atoms with Crippen molar-refractivity contribution in [3.05, 3.63) is 65.5 Å². The van der Waals surface area contributed by atoms with Crippen LogP contribution >= 0.6 is 23.2 Å². The minimum absolute atomic E-state index is 0.0657. The van der Waals surface area contributed by atoms with Crippen molar-refractivity contribution in [1.29, 1.82) is 0 Å². The number of halogens is 2. The maximum Gasteiger partial charge on any atom is 0.0599 e. The van der Waals surface area contributed by atoms with Crippen LogP contribution in [0.25, 0.3) is 0 Å². The zero-order valence-electron chi connectivity index (χ0n) is 16.9. The van der Waals surface area contributed by atoms with Crippen molar-refractivity contribution in [3.63, 3.8) is 0 Å². The summed E-state index contributed by atoms with van der Waals surface area (Å²) in [5.41, 5.74) is 2.19. The van der Waals surface area contributed by atoms with Gasteiger partial charge in [-0.1, -0.05) is 49.9 Å². The summed E-state index contributed by atoms with van der Waals surface area (Å²) in [6, 6.07) is 16.1. The van der Waals surface area contributed by atoms with Crippen molar-refractivity contribution in [2.45, 2.75) is 51.1 Å². The molecule has 0 fully saturated rings. The molecule has 0 spiro atoms. The van der Waals surface area contributed by atoms with E-state index in [-0.39, 0.29) is 11.6 Å². The van der Waals surface area contributed by atoms with Crippen LogP contribution in [0, 0.1) is 6.92 Å². The van der Waals surface area contributed by atoms with Crippen molar-refractivity contribution in [1.82, 2.24) is 0 Å². The molecule has 0 saturated heterocycles. The molecule has 2 aromatic carbocycles. The monoisotopic (exact) mass is 405 g/mol. The average Bonchev–Trinajstić information content (AvgIpc) is 2.69. The summed E-state index contributed by atoms with van der Waals surface area (Å²) in [4.78, 5) is 4.66.